The van der Waals surface area contributed by atoms with E-state index in [1.165, 1.54) is 0 Å². The molecular weight excluding hydrogens is 637 g/mol. The van der Waals surface area contributed by atoms with Crippen molar-refractivity contribution < 1.29 is 0 Å². The van der Waals surface area contributed by atoms with E-state index in [0.29, 0.717) is 34.9 Å². The summed E-state index contributed by atoms with van der Waals surface area (Å²) in [6, 6.07) is 57.7. The maximum absolute atomic E-state index is 5.07. The van der Waals surface area contributed by atoms with Gasteiger partial charge in [-0.15, -0.1) is 0 Å². The van der Waals surface area contributed by atoms with Gasteiger partial charge in [0.1, 0.15) is 0 Å². The van der Waals surface area contributed by atoms with Crippen LogP contribution in [0.25, 0.3) is 101 Å². The Hall–Kier alpha value is -7.18. The molecule has 6 nitrogen and oxygen atoms in total. The van der Waals surface area contributed by atoms with Gasteiger partial charge in [0.05, 0.1) is 0 Å². The van der Waals surface area contributed by atoms with E-state index in [1.54, 1.807) is 0 Å². The Labute approximate surface area is 299 Å². The van der Waals surface area contributed by atoms with Crippen LogP contribution in [0.1, 0.15) is 0 Å². The maximum Gasteiger partial charge on any atom is 0.164 e. The molecule has 0 saturated heterocycles. The lowest BCUT2D eigenvalue weighted by Crippen LogP contribution is -2.01. The first-order valence-electron chi connectivity index (χ1n) is 17.2. The van der Waals surface area contributed by atoms with Crippen molar-refractivity contribution in [2.75, 3.05) is 0 Å². The Bertz CT molecular complexity index is 2560. The van der Waals surface area contributed by atoms with E-state index >= 15 is 0 Å². The summed E-state index contributed by atoms with van der Waals surface area (Å²) in [6.07, 6.45) is 0. The Morgan fingerprint density at radius 1 is 0.231 bits per heavy atom. The highest BCUT2D eigenvalue weighted by atomic mass is 15.0. The quantitative estimate of drug-likeness (QED) is 0.165. The fourth-order valence-electron chi connectivity index (χ4n) is 7.05. The average molecular weight is 665 g/mol. The van der Waals surface area contributed by atoms with Crippen LogP contribution < -0.4 is 0 Å². The first-order valence-corrected chi connectivity index (χ1v) is 17.2. The second-order valence-electron chi connectivity index (χ2n) is 12.7. The molecule has 0 aliphatic heterocycles. The average Bonchev–Trinajstić information content (AvgIpc) is 3.23. The Morgan fingerprint density at radius 2 is 0.500 bits per heavy atom. The fraction of sp³-hybridized carbons (Fsp3) is 0. The van der Waals surface area contributed by atoms with Crippen molar-refractivity contribution in [3.8, 4) is 68.3 Å². The molecule has 0 atom stereocenters. The zero-order chi connectivity index (χ0) is 34.4. The number of hydrogen-bond donors (Lipinski definition) is 0. The van der Waals surface area contributed by atoms with Gasteiger partial charge in [0.15, 0.2) is 34.9 Å². The van der Waals surface area contributed by atoms with E-state index in [4.69, 9.17) is 29.9 Å². The molecule has 242 valence electrons. The molecule has 2 heterocycles. The molecule has 0 saturated carbocycles. The van der Waals surface area contributed by atoms with E-state index in [0.717, 1.165) is 65.7 Å². The Morgan fingerprint density at radius 3 is 0.808 bits per heavy atom. The van der Waals surface area contributed by atoms with Crippen molar-refractivity contribution in [1.82, 2.24) is 29.9 Å². The lowest BCUT2D eigenvalue weighted by Gasteiger charge is -2.16. The standard InChI is InChI=1S/C46H28N6/c1-5-13-31(14-6-1)41-47-42(32-15-7-2-8-16-32)50-45(49-41)37-27-23-29-22-26-36-38(28-24-30-21-25-35(37)39(29)40(30)36)46-51-43(33-17-9-3-10-18-33)48-44(52-46)34-19-11-4-12-20-34/h1-28H. The Kier molecular flexibility index (Phi) is 7.03. The van der Waals surface area contributed by atoms with Gasteiger partial charge in [0.25, 0.3) is 0 Å². The van der Waals surface area contributed by atoms with Crippen molar-refractivity contribution in [1.29, 1.82) is 0 Å². The van der Waals surface area contributed by atoms with Gasteiger partial charge in [-0.2, -0.15) is 0 Å². The van der Waals surface area contributed by atoms with Gasteiger partial charge >= 0.3 is 0 Å². The van der Waals surface area contributed by atoms with Crippen LogP contribution in [-0.2, 0) is 0 Å². The van der Waals surface area contributed by atoms with Gasteiger partial charge in [-0.3, -0.25) is 0 Å². The molecule has 0 N–H and O–H groups in total. The summed E-state index contributed by atoms with van der Waals surface area (Å²) in [7, 11) is 0. The molecule has 0 spiro atoms. The van der Waals surface area contributed by atoms with Gasteiger partial charge < -0.3 is 0 Å². The molecule has 8 aromatic carbocycles. The summed E-state index contributed by atoms with van der Waals surface area (Å²) < 4.78 is 0. The summed E-state index contributed by atoms with van der Waals surface area (Å²) in [6.45, 7) is 0. The van der Waals surface area contributed by atoms with E-state index in [1.807, 2.05) is 121 Å². The van der Waals surface area contributed by atoms with Crippen LogP contribution in [0.3, 0.4) is 0 Å². The monoisotopic (exact) mass is 664 g/mol. The first-order chi connectivity index (χ1) is 25.8. The molecule has 6 heteroatoms. The van der Waals surface area contributed by atoms with Gasteiger partial charge in [0, 0.05) is 33.4 Å². The summed E-state index contributed by atoms with van der Waals surface area (Å²) >= 11 is 0. The van der Waals surface area contributed by atoms with Crippen LogP contribution in [0.2, 0.25) is 0 Å². The third-order valence-corrected chi connectivity index (χ3v) is 9.55. The SMILES string of the molecule is c1ccc(-c2nc(-c3ccccc3)nc(-c3ccc4ccc5c(-c6nc(-c7ccccc7)nc(-c7ccccc7)n6)ccc6ccc3c4c65)n2)cc1. The van der Waals surface area contributed by atoms with Gasteiger partial charge in [-0.1, -0.05) is 158 Å². The highest BCUT2D eigenvalue weighted by molar-refractivity contribution is 6.27. The molecule has 10 aromatic rings. The molecule has 52 heavy (non-hydrogen) atoms. The molecule has 10 rings (SSSR count). The fourth-order valence-corrected chi connectivity index (χ4v) is 7.05. The van der Waals surface area contributed by atoms with E-state index in [9.17, 15) is 0 Å². The minimum absolute atomic E-state index is 0.628. The summed E-state index contributed by atoms with van der Waals surface area (Å²) in [5.41, 5.74) is 5.64. The van der Waals surface area contributed by atoms with E-state index in [2.05, 4.69) is 48.5 Å². The topological polar surface area (TPSA) is 77.3 Å². The van der Waals surface area contributed by atoms with Crippen LogP contribution >= 0.6 is 0 Å². The number of nitrogens with zero attached hydrogens (tertiary/aromatic N) is 6. The van der Waals surface area contributed by atoms with Crippen LogP contribution in [0.5, 0.6) is 0 Å². The number of hydrogen-bond acceptors (Lipinski definition) is 6. The second kappa shape index (κ2) is 12.3. The van der Waals surface area contributed by atoms with Crippen LogP contribution in [-0.4, -0.2) is 29.9 Å². The summed E-state index contributed by atoms with van der Waals surface area (Å²) in [4.78, 5) is 30.1. The maximum atomic E-state index is 5.07. The zero-order valence-corrected chi connectivity index (χ0v) is 27.8. The lowest BCUT2D eigenvalue weighted by atomic mass is 9.89. The smallest absolute Gasteiger partial charge is 0.164 e. The third-order valence-electron chi connectivity index (χ3n) is 9.55. The van der Waals surface area contributed by atoms with Crippen LogP contribution in [0, 0.1) is 0 Å². The number of benzene rings is 8. The van der Waals surface area contributed by atoms with Crippen molar-refractivity contribution in [3.05, 3.63) is 170 Å². The minimum atomic E-state index is 0.628. The Balaban J connectivity index is 1.20. The van der Waals surface area contributed by atoms with E-state index < -0.39 is 0 Å². The highest BCUT2D eigenvalue weighted by Crippen LogP contribution is 2.42. The molecule has 0 fully saturated rings. The normalized spacial score (nSPS) is 11.5. The van der Waals surface area contributed by atoms with E-state index in [-0.39, 0.29) is 0 Å². The summed E-state index contributed by atoms with van der Waals surface area (Å²) in [5.74, 6) is 3.80. The third kappa shape index (κ3) is 5.13. The minimum Gasteiger partial charge on any atom is -0.208 e. The second-order valence-corrected chi connectivity index (χ2v) is 12.7. The predicted octanol–water partition coefficient (Wildman–Crippen LogP) is 11.0. The predicted molar refractivity (Wildman–Crippen MR) is 210 cm³/mol. The zero-order valence-electron chi connectivity index (χ0n) is 27.8. The van der Waals surface area contributed by atoms with Crippen molar-refractivity contribution in [2.24, 2.45) is 0 Å². The molecule has 0 unspecified atom stereocenters. The lowest BCUT2D eigenvalue weighted by molar-refractivity contribution is 1.08. The molecule has 2 aromatic heterocycles. The summed E-state index contributed by atoms with van der Waals surface area (Å²) in [5, 5.41) is 6.72. The van der Waals surface area contributed by atoms with Gasteiger partial charge in [0.2, 0.25) is 0 Å². The first kappa shape index (κ1) is 29.7. The van der Waals surface area contributed by atoms with Crippen LogP contribution in [0.4, 0.5) is 0 Å². The molecule has 0 aliphatic carbocycles. The molecule has 0 bridgehead atoms. The van der Waals surface area contributed by atoms with Crippen molar-refractivity contribution >= 4 is 32.3 Å². The van der Waals surface area contributed by atoms with Gasteiger partial charge in [-0.25, -0.2) is 29.9 Å². The highest BCUT2D eigenvalue weighted by Gasteiger charge is 2.20. The molecular formula is C46H28N6. The molecule has 0 amide bonds. The van der Waals surface area contributed by atoms with Crippen molar-refractivity contribution in [3.63, 3.8) is 0 Å². The molecule has 0 radical (unpaired) electrons. The number of rotatable bonds is 6. The number of aromatic nitrogens is 6. The molecule has 0 aliphatic rings. The van der Waals surface area contributed by atoms with Crippen molar-refractivity contribution in [2.45, 2.75) is 0 Å². The largest absolute Gasteiger partial charge is 0.208 e. The van der Waals surface area contributed by atoms with Crippen LogP contribution in [0.15, 0.2) is 170 Å². The van der Waals surface area contributed by atoms with Gasteiger partial charge in [-0.05, 0) is 44.5 Å².